The summed E-state index contributed by atoms with van der Waals surface area (Å²) >= 11 is 1.23. The number of rotatable bonds is 8. The van der Waals surface area contributed by atoms with Crippen LogP contribution in [0.3, 0.4) is 0 Å². The minimum absolute atomic E-state index is 0.189. The minimum Gasteiger partial charge on any atom is -0.461 e. The molecule has 208 valence electrons. The summed E-state index contributed by atoms with van der Waals surface area (Å²) in [6.07, 6.45) is 5.13. The fourth-order valence-corrected chi connectivity index (χ4v) is 6.61. The summed E-state index contributed by atoms with van der Waals surface area (Å²) < 4.78 is 5.06. The van der Waals surface area contributed by atoms with Crippen molar-refractivity contribution in [1.82, 2.24) is 14.9 Å². The predicted molar refractivity (Wildman–Crippen MR) is 160 cm³/mol. The number of aromatic amines is 1. The number of nitrogen functional groups attached to an aromatic ring is 1. The molecule has 4 aromatic rings. The van der Waals surface area contributed by atoms with Gasteiger partial charge in [-0.3, -0.25) is 4.79 Å². The topological polar surface area (TPSA) is 117 Å². The minimum atomic E-state index is -0.427. The van der Waals surface area contributed by atoms with E-state index in [0.717, 1.165) is 30.2 Å². The highest BCUT2D eigenvalue weighted by atomic mass is 32.1. The standard InChI is InChI=1S/C30H34N6O3S/c1-2-39-29(38)25-17-19-5-6-20(18-24(19)33-25)26(37)27-28(31)34-30(40-27)32-21-7-9-22(10-8-21)36-15-11-23(12-16-36)35-13-3-4-14-35/h5-10,17-18,23,33H,2-4,11-16,31H2,1H3,(H,32,34). The van der Waals surface area contributed by atoms with Crippen molar-refractivity contribution >= 4 is 56.3 Å². The van der Waals surface area contributed by atoms with Crippen LogP contribution in [0.1, 0.15) is 58.3 Å². The normalized spacial score (nSPS) is 16.5. The first-order valence-electron chi connectivity index (χ1n) is 14.0. The molecule has 0 spiro atoms. The summed E-state index contributed by atoms with van der Waals surface area (Å²) in [6, 6.07) is 16.1. The van der Waals surface area contributed by atoms with Crippen molar-refractivity contribution in [3.63, 3.8) is 0 Å². The van der Waals surface area contributed by atoms with Gasteiger partial charge in [-0.1, -0.05) is 23.5 Å². The van der Waals surface area contributed by atoms with E-state index in [2.05, 4.69) is 37.2 Å². The van der Waals surface area contributed by atoms with E-state index in [1.807, 2.05) is 12.1 Å². The molecule has 2 aromatic heterocycles. The number of hydrogen-bond acceptors (Lipinski definition) is 9. The van der Waals surface area contributed by atoms with Gasteiger partial charge < -0.3 is 30.6 Å². The van der Waals surface area contributed by atoms with Gasteiger partial charge in [0.05, 0.1) is 6.61 Å². The second kappa shape index (κ2) is 11.3. The highest BCUT2D eigenvalue weighted by molar-refractivity contribution is 7.18. The summed E-state index contributed by atoms with van der Waals surface area (Å²) in [7, 11) is 0. The number of piperidine rings is 1. The van der Waals surface area contributed by atoms with Gasteiger partial charge in [-0.25, -0.2) is 9.78 Å². The Morgan fingerprint density at radius 1 is 1.07 bits per heavy atom. The Kier molecular flexibility index (Phi) is 7.44. The first-order valence-corrected chi connectivity index (χ1v) is 14.8. The number of hydrogen-bond donors (Lipinski definition) is 3. The molecule has 2 saturated heterocycles. The Hall–Kier alpha value is -3.89. The number of fused-ring (bicyclic) bond motifs is 1. The maximum atomic E-state index is 13.3. The van der Waals surface area contributed by atoms with Crippen molar-refractivity contribution in [3.8, 4) is 0 Å². The van der Waals surface area contributed by atoms with Crippen LogP contribution in [0.4, 0.5) is 22.3 Å². The van der Waals surface area contributed by atoms with Crippen LogP contribution in [0.2, 0.25) is 0 Å². The average Bonchev–Trinajstić information content (AvgIpc) is 3.73. The monoisotopic (exact) mass is 558 g/mol. The fraction of sp³-hybridized carbons (Fsp3) is 0.367. The van der Waals surface area contributed by atoms with Crippen LogP contribution >= 0.6 is 11.3 Å². The number of nitrogens with one attached hydrogen (secondary N) is 2. The average molecular weight is 559 g/mol. The Bertz CT molecular complexity index is 1510. The van der Waals surface area contributed by atoms with Gasteiger partial charge in [0.25, 0.3) is 0 Å². The molecule has 4 N–H and O–H groups in total. The van der Waals surface area contributed by atoms with E-state index in [1.165, 1.54) is 55.8 Å². The number of carbonyl (C=O) groups excluding carboxylic acids is 2. The van der Waals surface area contributed by atoms with E-state index in [0.29, 0.717) is 33.4 Å². The van der Waals surface area contributed by atoms with Crippen molar-refractivity contribution in [2.45, 2.75) is 38.6 Å². The molecule has 0 unspecified atom stereocenters. The van der Waals surface area contributed by atoms with E-state index in [-0.39, 0.29) is 11.6 Å². The van der Waals surface area contributed by atoms with Crippen LogP contribution < -0.4 is 16.0 Å². The lowest BCUT2D eigenvalue weighted by Crippen LogP contribution is -2.43. The lowest BCUT2D eigenvalue weighted by atomic mass is 10.0. The predicted octanol–water partition coefficient (Wildman–Crippen LogP) is 5.42. The van der Waals surface area contributed by atoms with E-state index >= 15 is 0 Å². The summed E-state index contributed by atoms with van der Waals surface area (Å²) in [5.74, 6) is -0.456. The van der Waals surface area contributed by atoms with E-state index in [1.54, 1.807) is 31.2 Å². The van der Waals surface area contributed by atoms with E-state index in [9.17, 15) is 9.59 Å². The van der Waals surface area contributed by atoms with Crippen LogP contribution in [0, 0.1) is 0 Å². The molecule has 2 aliphatic heterocycles. The van der Waals surface area contributed by atoms with Crippen LogP contribution in [0.25, 0.3) is 10.9 Å². The number of benzene rings is 2. The van der Waals surface area contributed by atoms with Crippen molar-refractivity contribution in [1.29, 1.82) is 0 Å². The molecule has 0 radical (unpaired) electrons. The summed E-state index contributed by atoms with van der Waals surface area (Å²) in [6.45, 7) is 6.75. The van der Waals surface area contributed by atoms with Gasteiger partial charge in [0, 0.05) is 47.0 Å². The molecule has 10 heteroatoms. The van der Waals surface area contributed by atoms with Crippen molar-refractivity contribution < 1.29 is 14.3 Å². The Labute approximate surface area is 237 Å². The van der Waals surface area contributed by atoms with E-state index < -0.39 is 5.97 Å². The lowest BCUT2D eigenvalue weighted by Gasteiger charge is -2.37. The Balaban J connectivity index is 1.10. The third kappa shape index (κ3) is 5.41. The number of carbonyl (C=O) groups is 2. The first-order chi connectivity index (χ1) is 19.5. The van der Waals surface area contributed by atoms with Crippen molar-refractivity contribution in [2.24, 2.45) is 0 Å². The Morgan fingerprint density at radius 2 is 1.82 bits per heavy atom. The maximum absolute atomic E-state index is 13.3. The van der Waals surface area contributed by atoms with E-state index in [4.69, 9.17) is 10.5 Å². The fourth-order valence-electron chi connectivity index (χ4n) is 5.74. The van der Waals surface area contributed by atoms with Crippen molar-refractivity contribution in [3.05, 3.63) is 64.7 Å². The number of ketones is 1. The molecule has 2 aromatic carbocycles. The van der Waals surface area contributed by atoms with Gasteiger partial charge in [-0.2, -0.15) is 0 Å². The van der Waals surface area contributed by atoms with Gasteiger partial charge in [0.2, 0.25) is 5.78 Å². The number of likely N-dealkylation sites (tertiary alicyclic amines) is 1. The third-order valence-electron chi connectivity index (χ3n) is 7.84. The zero-order valence-corrected chi connectivity index (χ0v) is 23.4. The summed E-state index contributed by atoms with van der Waals surface area (Å²) in [5, 5.41) is 4.67. The Morgan fingerprint density at radius 3 is 2.55 bits per heavy atom. The molecule has 6 rings (SSSR count). The van der Waals surface area contributed by atoms with Gasteiger partial charge in [-0.05, 0) is 82.1 Å². The van der Waals surface area contributed by atoms with Crippen LogP contribution in [0.5, 0.6) is 0 Å². The van der Waals surface area contributed by atoms with Gasteiger partial charge >= 0.3 is 5.97 Å². The van der Waals surface area contributed by atoms with Gasteiger partial charge in [0.15, 0.2) is 5.13 Å². The molecule has 40 heavy (non-hydrogen) atoms. The SMILES string of the molecule is CCOC(=O)c1cc2ccc(C(=O)c3sc(Nc4ccc(N5CCC(N6CCCC6)CC5)cc4)nc3N)cc2[nH]1. The van der Waals surface area contributed by atoms with Crippen LogP contribution in [0.15, 0.2) is 48.5 Å². The van der Waals surface area contributed by atoms with Crippen LogP contribution in [-0.4, -0.2) is 65.4 Å². The molecule has 9 nitrogen and oxygen atoms in total. The number of H-pyrrole nitrogens is 1. The number of thiazole rings is 1. The summed E-state index contributed by atoms with van der Waals surface area (Å²) in [4.78, 5) is 38.3. The first kappa shape index (κ1) is 26.3. The molecule has 2 aliphatic rings. The highest BCUT2D eigenvalue weighted by Crippen LogP contribution is 2.32. The maximum Gasteiger partial charge on any atom is 0.354 e. The quantitative estimate of drug-likeness (QED) is 0.194. The molecule has 0 amide bonds. The number of ether oxygens (including phenoxy) is 1. The number of nitrogens with two attached hydrogens (primary N) is 1. The largest absolute Gasteiger partial charge is 0.461 e. The summed E-state index contributed by atoms with van der Waals surface area (Å²) in [5.41, 5.74) is 9.77. The number of esters is 1. The van der Waals surface area contributed by atoms with Gasteiger partial charge in [-0.15, -0.1) is 0 Å². The molecule has 0 bridgehead atoms. The zero-order chi connectivity index (χ0) is 27.6. The molecule has 4 heterocycles. The second-order valence-corrected chi connectivity index (χ2v) is 11.4. The molecule has 0 saturated carbocycles. The molecule has 0 atom stereocenters. The molecular formula is C30H34N6O3S. The molecule has 0 aliphatic carbocycles. The van der Waals surface area contributed by atoms with Crippen LogP contribution in [-0.2, 0) is 4.74 Å². The smallest absolute Gasteiger partial charge is 0.354 e. The molecule has 2 fully saturated rings. The second-order valence-electron chi connectivity index (χ2n) is 10.4. The third-order valence-corrected chi connectivity index (χ3v) is 8.83. The lowest BCUT2D eigenvalue weighted by molar-refractivity contribution is 0.0520. The van der Waals surface area contributed by atoms with Gasteiger partial charge in [0.1, 0.15) is 16.4 Å². The molecular weight excluding hydrogens is 524 g/mol. The zero-order valence-electron chi connectivity index (χ0n) is 22.6. The number of anilines is 4. The highest BCUT2D eigenvalue weighted by Gasteiger charge is 2.26. The van der Waals surface area contributed by atoms with Crippen molar-refractivity contribution in [2.75, 3.05) is 48.7 Å². The number of nitrogens with zero attached hydrogens (tertiary/aromatic N) is 3. The number of aromatic nitrogens is 2.